The van der Waals surface area contributed by atoms with Crippen LogP contribution in [0.3, 0.4) is 0 Å². The first-order chi connectivity index (χ1) is 8.58. The van der Waals surface area contributed by atoms with E-state index in [0.29, 0.717) is 16.6 Å². The number of halogens is 1. The number of hydrogen-bond donors (Lipinski definition) is 1. The quantitative estimate of drug-likeness (QED) is 0.853. The Hall–Kier alpha value is -1.55. The fourth-order valence-corrected chi connectivity index (χ4v) is 1.83. The van der Waals surface area contributed by atoms with E-state index < -0.39 is 0 Å². The number of anilines is 1. The lowest BCUT2D eigenvalue weighted by Crippen LogP contribution is -2.21. The molecule has 18 heavy (non-hydrogen) atoms. The number of nitrogens with one attached hydrogen (secondary N) is 1. The van der Waals surface area contributed by atoms with Crippen molar-refractivity contribution in [2.24, 2.45) is 11.8 Å². The molecule has 1 aromatic carbocycles. The number of benzene rings is 1. The Kier molecular flexibility index (Phi) is 3.87. The minimum atomic E-state index is -0.384. The molecule has 0 radical (unpaired) electrons. The van der Waals surface area contributed by atoms with Crippen molar-refractivity contribution in [1.29, 1.82) is 0 Å². The Bertz CT molecular complexity index is 475. The second kappa shape index (κ2) is 5.40. The Morgan fingerprint density at radius 2 is 2.11 bits per heavy atom. The van der Waals surface area contributed by atoms with Gasteiger partial charge in [-0.15, -0.1) is 0 Å². The summed E-state index contributed by atoms with van der Waals surface area (Å²) in [4.78, 5) is 23.0. The highest BCUT2D eigenvalue weighted by atomic mass is 35.5. The first-order valence-corrected chi connectivity index (χ1v) is 6.16. The molecule has 0 heterocycles. The van der Waals surface area contributed by atoms with Crippen molar-refractivity contribution in [2.75, 3.05) is 11.9 Å². The molecule has 1 saturated carbocycles. The highest BCUT2D eigenvalue weighted by molar-refractivity contribution is 6.33. The van der Waals surface area contributed by atoms with E-state index in [1.165, 1.54) is 0 Å². The molecule has 0 saturated heterocycles. The Morgan fingerprint density at radius 1 is 1.44 bits per heavy atom. The Morgan fingerprint density at radius 3 is 2.72 bits per heavy atom. The van der Waals surface area contributed by atoms with Crippen LogP contribution >= 0.6 is 11.6 Å². The molecule has 0 bridgehead atoms. The van der Waals surface area contributed by atoms with Gasteiger partial charge in [-0.2, -0.15) is 0 Å². The van der Waals surface area contributed by atoms with Crippen molar-refractivity contribution < 1.29 is 14.3 Å². The topological polar surface area (TPSA) is 55.4 Å². The number of esters is 1. The number of carbonyl (C=O) groups is 2. The highest BCUT2D eigenvalue weighted by Gasteiger charge is 2.40. The third kappa shape index (κ3) is 3.23. The van der Waals surface area contributed by atoms with Gasteiger partial charge in [0.15, 0.2) is 6.61 Å². The number of amides is 1. The van der Waals surface area contributed by atoms with Gasteiger partial charge >= 0.3 is 5.97 Å². The zero-order valence-electron chi connectivity index (χ0n) is 9.98. The average molecular weight is 268 g/mol. The van der Waals surface area contributed by atoms with Gasteiger partial charge in [-0.1, -0.05) is 30.7 Å². The molecule has 5 heteroatoms. The van der Waals surface area contributed by atoms with Gasteiger partial charge < -0.3 is 10.1 Å². The minimum absolute atomic E-state index is 0.0295. The molecule has 1 aliphatic carbocycles. The predicted molar refractivity (Wildman–Crippen MR) is 68.3 cm³/mol. The minimum Gasteiger partial charge on any atom is -0.455 e. The smallest absolute Gasteiger partial charge is 0.309 e. The number of hydrogen-bond acceptors (Lipinski definition) is 3. The molecule has 1 amide bonds. The molecule has 1 aliphatic rings. The van der Waals surface area contributed by atoms with E-state index in [2.05, 4.69) is 5.32 Å². The van der Waals surface area contributed by atoms with E-state index >= 15 is 0 Å². The molecule has 2 atom stereocenters. The maximum absolute atomic E-state index is 11.5. The molecule has 0 aliphatic heterocycles. The lowest BCUT2D eigenvalue weighted by Gasteiger charge is -2.07. The molecule has 96 valence electrons. The summed E-state index contributed by atoms with van der Waals surface area (Å²) in [5, 5.41) is 3.04. The highest BCUT2D eigenvalue weighted by Crippen LogP contribution is 2.38. The van der Waals surface area contributed by atoms with Crippen LogP contribution in [0.5, 0.6) is 0 Å². The van der Waals surface area contributed by atoms with Crippen LogP contribution in [0.2, 0.25) is 5.02 Å². The molecule has 0 aromatic heterocycles. The molecular formula is C13H14ClNO3. The van der Waals surface area contributed by atoms with Crippen LogP contribution in [0.4, 0.5) is 5.69 Å². The lowest BCUT2D eigenvalue weighted by atomic mass is 10.3. The average Bonchev–Trinajstić information content (AvgIpc) is 3.06. The summed E-state index contributed by atoms with van der Waals surface area (Å²) in [6.45, 7) is 1.71. The molecule has 0 spiro atoms. The van der Waals surface area contributed by atoms with Crippen molar-refractivity contribution in [3.63, 3.8) is 0 Å². The maximum Gasteiger partial charge on any atom is 0.309 e. The standard InChI is InChI=1S/C13H14ClNO3/c1-8-6-9(8)13(17)18-7-12(16)15-11-5-3-2-4-10(11)14/h2-5,8-9H,6-7H2,1H3,(H,15,16)/t8-,9-/m0/s1. The van der Waals surface area contributed by atoms with Crippen molar-refractivity contribution in [1.82, 2.24) is 0 Å². The van der Waals surface area contributed by atoms with Crippen molar-refractivity contribution >= 4 is 29.2 Å². The van der Waals surface area contributed by atoms with Crippen LogP contribution in [0, 0.1) is 11.8 Å². The van der Waals surface area contributed by atoms with Crippen molar-refractivity contribution in [3.8, 4) is 0 Å². The number of rotatable bonds is 4. The third-order valence-electron chi connectivity index (χ3n) is 2.91. The monoisotopic (exact) mass is 267 g/mol. The summed E-state index contributed by atoms with van der Waals surface area (Å²) < 4.78 is 4.92. The van der Waals surface area contributed by atoms with Gasteiger partial charge in [0.05, 0.1) is 16.6 Å². The predicted octanol–water partition coefficient (Wildman–Crippen LogP) is 2.48. The number of para-hydroxylation sites is 1. The SMILES string of the molecule is C[C@H]1C[C@@H]1C(=O)OCC(=O)Nc1ccccc1Cl. The van der Waals surface area contributed by atoms with Gasteiger partial charge in [0.2, 0.25) is 0 Å². The largest absolute Gasteiger partial charge is 0.455 e. The van der Waals surface area contributed by atoms with Gasteiger partial charge in [-0.25, -0.2) is 0 Å². The second-order valence-corrected chi connectivity index (χ2v) is 4.86. The molecule has 1 aromatic rings. The van der Waals surface area contributed by atoms with Crippen LogP contribution in [0.25, 0.3) is 0 Å². The van der Waals surface area contributed by atoms with E-state index in [1.807, 2.05) is 6.92 Å². The summed E-state index contributed by atoms with van der Waals surface area (Å²) in [7, 11) is 0. The molecule has 1 fully saturated rings. The van der Waals surface area contributed by atoms with Crippen LogP contribution in [0.15, 0.2) is 24.3 Å². The van der Waals surface area contributed by atoms with Gasteiger partial charge in [0, 0.05) is 0 Å². The Labute approximate surface area is 110 Å². The summed E-state index contributed by atoms with van der Waals surface area (Å²) in [6.07, 6.45) is 0.852. The third-order valence-corrected chi connectivity index (χ3v) is 3.24. The number of carbonyl (C=O) groups excluding carboxylic acids is 2. The molecule has 0 unspecified atom stereocenters. The normalized spacial score (nSPS) is 21.2. The Balaban J connectivity index is 1.79. The molecule has 1 N–H and O–H groups in total. The first-order valence-electron chi connectivity index (χ1n) is 5.79. The number of ether oxygens (including phenoxy) is 1. The summed E-state index contributed by atoms with van der Waals surface area (Å²) >= 11 is 5.89. The molecule has 2 rings (SSSR count). The summed E-state index contributed by atoms with van der Waals surface area (Å²) in [5.41, 5.74) is 0.514. The molecule has 4 nitrogen and oxygen atoms in total. The lowest BCUT2D eigenvalue weighted by molar-refractivity contribution is -0.148. The van der Waals surface area contributed by atoms with Crippen LogP contribution in [-0.4, -0.2) is 18.5 Å². The zero-order chi connectivity index (χ0) is 13.1. The van der Waals surface area contributed by atoms with E-state index in [1.54, 1.807) is 24.3 Å². The zero-order valence-corrected chi connectivity index (χ0v) is 10.7. The summed E-state index contributed by atoms with van der Waals surface area (Å²) in [6, 6.07) is 6.89. The maximum atomic E-state index is 11.5. The first kappa shape index (κ1) is 12.9. The van der Waals surface area contributed by atoms with E-state index in [0.717, 1.165) is 6.42 Å². The van der Waals surface area contributed by atoms with Crippen LogP contribution < -0.4 is 5.32 Å². The fourth-order valence-electron chi connectivity index (χ4n) is 1.64. The van der Waals surface area contributed by atoms with E-state index in [-0.39, 0.29) is 24.4 Å². The van der Waals surface area contributed by atoms with Crippen LogP contribution in [0.1, 0.15) is 13.3 Å². The van der Waals surface area contributed by atoms with E-state index in [4.69, 9.17) is 16.3 Å². The summed E-state index contributed by atoms with van der Waals surface area (Å²) in [5.74, 6) is -0.330. The van der Waals surface area contributed by atoms with Gasteiger partial charge in [-0.3, -0.25) is 9.59 Å². The van der Waals surface area contributed by atoms with E-state index in [9.17, 15) is 9.59 Å². The molecular weight excluding hydrogens is 254 g/mol. The van der Waals surface area contributed by atoms with Crippen molar-refractivity contribution in [3.05, 3.63) is 29.3 Å². The van der Waals surface area contributed by atoms with Crippen LogP contribution in [-0.2, 0) is 14.3 Å². The second-order valence-electron chi connectivity index (χ2n) is 4.46. The van der Waals surface area contributed by atoms with Gasteiger partial charge in [-0.05, 0) is 24.5 Å². The van der Waals surface area contributed by atoms with Gasteiger partial charge in [0.1, 0.15) is 0 Å². The van der Waals surface area contributed by atoms with Crippen molar-refractivity contribution in [2.45, 2.75) is 13.3 Å². The van der Waals surface area contributed by atoms with Gasteiger partial charge in [0.25, 0.3) is 5.91 Å². The fraction of sp³-hybridized carbons (Fsp3) is 0.385.